The summed E-state index contributed by atoms with van der Waals surface area (Å²) in [5.41, 5.74) is 1.38. The molecule has 28 heavy (non-hydrogen) atoms. The summed E-state index contributed by atoms with van der Waals surface area (Å²) < 4.78 is 0. The zero-order valence-electron chi connectivity index (χ0n) is 14.4. The van der Waals surface area contributed by atoms with Crippen LogP contribution in [0.1, 0.15) is 15.9 Å². The topological polar surface area (TPSA) is 70.0 Å². The Morgan fingerprint density at radius 2 is 1.93 bits per heavy atom. The Hall–Kier alpha value is -2.54. The number of nitrogens with zero attached hydrogens (tertiary/aromatic N) is 2. The summed E-state index contributed by atoms with van der Waals surface area (Å²) in [7, 11) is 0. The average molecular weight is 433 g/mol. The Labute approximate surface area is 176 Å². The highest BCUT2D eigenvalue weighted by Crippen LogP contribution is 2.35. The van der Waals surface area contributed by atoms with Crippen LogP contribution >= 0.6 is 35.0 Å². The monoisotopic (exact) mass is 432 g/mol. The van der Waals surface area contributed by atoms with Crippen LogP contribution in [0.4, 0.5) is 5.69 Å². The summed E-state index contributed by atoms with van der Waals surface area (Å²) in [6, 6.07) is 11.2. The number of carboxylic acid groups (broad SMARTS) is 1. The van der Waals surface area contributed by atoms with Crippen molar-refractivity contribution < 1.29 is 14.7 Å². The van der Waals surface area contributed by atoms with Gasteiger partial charge in [0.05, 0.1) is 16.2 Å². The van der Waals surface area contributed by atoms with Crippen molar-refractivity contribution in [1.29, 1.82) is 0 Å². The first-order chi connectivity index (χ1) is 13.4. The number of amidine groups is 1. The van der Waals surface area contributed by atoms with Crippen LogP contribution in [-0.4, -0.2) is 33.6 Å². The van der Waals surface area contributed by atoms with E-state index in [0.29, 0.717) is 37.9 Å². The minimum absolute atomic E-state index is 0.167. The van der Waals surface area contributed by atoms with E-state index < -0.39 is 5.97 Å². The molecule has 0 radical (unpaired) electrons. The number of thioether (sulfide) groups is 1. The molecule has 1 fully saturated rings. The van der Waals surface area contributed by atoms with Crippen LogP contribution in [-0.2, 0) is 4.79 Å². The molecular formula is C20H14Cl2N2O3S. The zero-order valence-corrected chi connectivity index (χ0v) is 16.8. The summed E-state index contributed by atoms with van der Waals surface area (Å²) in [5.74, 6) is -1.22. The van der Waals surface area contributed by atoms with Crippen molar-refractivity contribution in [2.75, 3.05) is 6.54 Å². The Balaban J connectivity index is 1.94. The maximum absolute atomic E-state index is 12.8. The van der Waals surface area contributed by atoms with Crippen molar-refractivity contribution in [3.63, 3.8) is 0 Å². The predicted octanol–water partition coefficient (Wildman–Crippen LogP) is 5.48. The molecule has 1 amide bonds. The second kappa shape index (κ2) is 8.65. The lowest BCUT2D eigenvalue weighted by Gasteiger charge is -2.12. The van der Waals surface area contributed by atoms with Gasteiger partial charge in [0.1, 0.15) is 0 Å². The normalized spacial score (nSPS) is 16.8. The lowest BCUT2D eigenvalue weighted by atomic mass is 10.2. The Morgan fingerprint density at radius 1 is 1.21 bits per heavy atom. The number of rotatable bonds is 5. The number of hydrogen-bond donors (Lipinski definition) is 1. The van der Waals surface area contributed by atoms with Crippen LogP contribution in [0.25, 0.3) is 6.08 Å². The highest BCUT2D eigenvalue weighted by Gasteiger charge is 2.32. The van der Waals surface area contributed by atoms with Gasteiger partial charge in [0.15, 0.2) is 5.17 Å². The smallest absolute Gasteiger partial charge is 0.335 e. The minimum atomic E-state index is -1.01. The molecule has 0 unspecified atom stereocenters. The van der Waals surface area contributed by atoms with Crippen molar-refractivity contribution in [3.8, 4) is 0 Å². The number of carbonyl (C=O) groups excluding carboxylic acids is 1. The van der Waals surface area contributed by atoms with Gasteiger partial charge in [0, 0.05) is 16.6 Å². The van der Waals surface area contributed by atoms with Gasteiger partial charge in [0.25, 0.3) is 5.91 Å². The largest absolute Gasteiger partial charge is 0.478 e. The highest BCUT2D eigenvalue weighted by molar-refractivity contribution is 8.18. The average Bonchev–Trinajstić information content (AvgIpc) is 2.93. The van der Waals surface area contributed by atoms with E-state index in [2.05, 4.69) is 11.6 Å². The van der Waals surface area contributed by atoms with E-state index in [0.717, 1.165) is 0 Å². The molecular weight excluding hydrogens is 419 g/mol. The Morgan fingerprint density at radius 3 is 2.54 bits per heavy atom. The number of aliphatic imine (C=N–C) groups is 1. The third-order valence-electron chi connectivity index (χ3n) is 3.79. The van der Waals surface area contributed by atoms with Gasteiger partial charge in [-0.05, 0) is 59.8 Å². The van der Waals surface area contributed by atoms with Gasteiger partial charge in [-0.3, -0.25) is 9.69 Å². The second-order valence-electron chi connectivity index (χ2n) is 5.73. The van der Waals surface area contributed by atoms with Crippen LogP contribution in [0.3, 0.4) is 0 Å². The summed E-state index contributed by atoms with van der Waals surface area (Å²) >= 11 is 13.3. The van der Waals surface area contributed by atoms with Gasteiger partial charge < -0.3 is 5.11 Å². The molecule has 1 aliphatic heterocycles. The van der Waals surface area contributed by atoms with E-state index in [4.69, 9.17) is 28.3 Å². The van der Waals surface area contributed by atoms with Crippen LogP contribution in [0.5, 0.6) is 0 Å². The van der Waals surface area contributed by atoms with Gasteiger partial charge in [-0.2, -0.15) is 0 Å². The Kier molecular flexibility index (Phi) is 6.24. The van der Waals surface area contributed by atoms with Crippen molar-refractivity contribution in [3.05, 3.63) is 81.2 Å². The van der Waals surface area contributed by atoms with Crippen LogP contribution in [0.15, 0.2) is 65.0 Å². The molecule has 0 atom stereocenters. The molecule has 0 aromatic heterocycles. The minimum Gasteiger partial charge on any atom is -0.478 e. The number of carboxylic acids is 1. The fourth-order valence-corrected chi connectivity index (χ4v) is 3.89. The number of benzene rings is 2. The highest BCUT2D eigenvalue weighted by atomic mass is 35.5. The molecule has 8 heteroatoms. The number of aromatic carboxylic acids is 1. The number of hydrogen-bond acceptors (Lipinski definition) is 4. The first-order valence-corrected chi connectivity index (χ1v) is 9.65. The van der Waals surface area contributed by atoms with Crippen LogP contribution in [0.2, 0.25) is 10.0 Å². The summed E-state index contributed by atoms with van der Waals surface area (Å²) in [6.45, 7) is 3.98. The maximum Gasteiger partial charge on any atom is 0.335 e. The lowest BCUT2D eigenvalue weighted by Crippen LogP contribution is -2.29. The lowest BCUT2D eigenvalue weighted by molar-refractivity contribution is -0.121. The van der Waals surface area contributed by atoms with E-state index in [9.17, 15) is 9.59 Å². The summed E-state index contributed by atoms with van der Waals surface area (Å²) in [6.07, 6.45) is 3.30. The van der Waals surface area contributed by atoms with E-state index in [1.807, 2.05) is 0 Å². The molecule has 1 heterocycles. The molecule has 0 bridgehead atoms. The molecule has 2 aromatic rings. The Bertz CT molecular complexity index is 1020. The molecule has 0 saturated carbocycles. The van der Waals surface area contributed by atoms with Gasteiger partial charge in [-0.15, -0.1) is 6.58 Å². The molecule has 1 N–H and O–H groups in total. The fraction of sp³-hybridized carbons (Fsp3) is 0.0500. The summed E-state index contributed by atoms with van der Waals surface area (Å²) in [5, 5.41) is 10.4. The number of amides is 1. The van der Waals surface area contributed by atoms with Crippen LogP contribution in [0, 0.1) is 0 Å². The maximum atomic E-state index is 12.8. The van der Waals surface area contributed by atoms with E-state index >= 15 is 0 Å². The number of halogens is 2. The third-order valence-corrected chi connectivity index (χ3v) is 5.36. The third kappa shape index (κ3) is 4.47. The molecule has 1 aliphatic rings. The first-order valence-electron chi connectivity index (χ1n) is 8.08. The predicted molar refractivity (Wildman–Crippen MR) is 114 cm³/mol. The second-order valence-corrected chi connectivity index (χ2v) is 7.58. The van der Waals surface area contributed by atoms with E-state index in [-0.39, 0.29) is 11.5 Å². The number of carbonyl (C=O) groups is 2. The van der Waals surface area contributed by atoms with Crippen molar-refractivity contribution in [2.45, 2.75) is 0 Å². The van der Waals surface area contributed by atoms with Gasteiger partial charge in [-0.1, -0.05) is 35.3 Å². The van der Waals surface area contributed by atoms with Crippen LogP contribution < -0.4 is 0 Å². The van der Waals surface area contributed by atoms with E-state index in [1.54, 1.807) is 42.5 Å². The SMILES string of the molecule is C=CCN1C(=O)/C(=C/c2ccc(Cl)cc2Cl)SC1=Nc1ccc(C(=O)O)cc1. The fourth-order valence-electron chi connectivity index (χ4n) is 2.43. The van der Waals surface area contributed by atoms with Crippen molar-refractivity contribution in [2.24, 2.45) is 4.99 Å². The van der Waals surface area contributed by atoms with Crippen molar-refractivity contribution in [1.82, 2.24) is 4.90 Å². The molecule has 2 aromatic carbocycles. The molecule has 1 saturated heterocycles. The molecule has 0 spiro atoms. The quantitative estimate of drug-likeness (QED) is 0.501. The molecule has 5 nitrogen and oxygen atoms in total. The van der Waals surface area contributed by atoms with E-state index in [1.165, 1.54) is 28.8 Å². The zero-order chi connectivity index (χ0) is 20.3. The standard InChI is InChI=1S/C20H14Cl2N2O3S/c1-2-9-24-18(25)17(10-13-3-6-14(21)11-16(13)22)28-20(24)23-15-7-4-12(5-8-15)19(26)27/h2-8,10-11H,1,9H2,(H,26,27)/b17-10-,23-20?. The van der Waals surface area contributed by atoms with Gasteiger partial charge in [0.2, 0.25) is 0 Å². The van der Waals surface area contributed by atoms with Gasteiger partial charge >= 0.3 is 5.97 Å². The first kappa shape index (κ1) is 20.2. The van der Waals surface area contributed by atoms with Crippen molar-refractivity contribution >= 4 is 63.8 Å². The molecule has 142 valence electrons. The van der Waals surface area contributed by atoms with Gasteiger partial charge in [-0.25, -0.2) is 9.79 Å². The molecule has 0 aliphatic carbocycles. The summed E-state index contributed by atoms with van der Waals surface area (Å²) in [4.78, 5) is 30.2. The molecule has 3 rings (SSSR count).